The van der Waals surface area contributed by atoms with Crippen LogP contribution in [0.3, 0.4) is 0 Å². The van der Waals surface area contributed by atoms with E-state index in [1.54, 1.807) is 36.4 Å². The van der Waals surface area contributed by atoms with Crippen LogP contribution >= 0.6 is 0 Å². The fourth-order valence-corrected chi connectivity index (χ4v) is 6.73. The lowest BCUT2D eigenvalue weighted by Gasteiger charge is -2.39. The molecule has 48 heavy (non-hydrogen) atoms. The van der Waals surface area contributed by atoms with Gasteiger partial charge in [0, 0.05) is 11.8 Å². The van der Waals surface area contributed by atoms with Crippen LogP contribution in [-0.2, 0) is 18.9 Å². The molecule has 4 aliphatic heterocycles. The number of ether oxygens (including phenoxy) is 8. The lowest BCUT2D eigenvalue weighted by Crippen LogP contribution is -2.60. The highest BCUT2D eigenvalue weighted by atomic mass is 16.7. The number of hydrogen-bond donors (Lipinski definition) is 8. The monoisotopic (exact) mass is 682 g/mol. The Morgan fingerprint density at radius 2 is 0.958 bits per heavy atom. The fraction of sp³-hybridized carbons (Fsp3) is 0.625. The molecule has 4 aliphatic rings. The Balaban J connectivity index is 1.14. The van der Waals surface area contributed by atoms with Crippen LogP contribution in [0.15, 0.2) is 36.4 Å². The van der Waals surface area contributed by atoms with Crippen LogP contribution in [0.2, 0.25) is 0 Å². The van der Waals surface area contributed by atoms with Crippen LogP contribution in [0, 0.1) is 11.8 Å². The molecule has 0 amide bonds. The highest BCUT2D eigenvalue weighted by Gasteiger charge is 2.49. The molecule has 16 nitrogen and oxygen atoms in total. The second kappa shape index (κ2) is 14.6. The fourth-order valence-electron chi connectivity index (χ4n) is 6.73. The molecule has 0 saturated carbocycles. The molecule has 0 bridgehead atoms. The van der Waals surface area contributed by atoms with E-state index in [4.69, 9.17) is 37.9 Å². The lowest BCUT2D eigenvalue weighted by molar-refractivity contribution is -0.277. The lowest BCUT2D eigenvalue weighted by atomic mass is 9.85. The van der Waals surface area contributed by atoms with Gasteiger partial charge in [-0.3, -0.25) is 0 Å². The molecule has 4 saturated heterocycles. The molecule has 0 aliphatic carbocycles. The number of aliphatic hydroxyl groups is 8. The van der Waals surface area contributed by atoms with Crippen molar-refractivity contribution < 1.29 is 78.7 Å². The largest absolute Gasteiger partial charge is 0.493 e. The standard InChI is InChI=1S/C32H42O16/c1-41-19-7-13(3-5-17(19)45-31-27(39)25(37)23(35)21(9-33)47-31)29-15-11-44-30(16(15)12-43-29)14-4-6-18(20(8-14)42-2)46-32-28(40)26(38)24(36)22(10-34)48-32/h3-8,15-16,21-40H,9-12H2,1-2H3/t15-,16+,21+,22-,23-,24-,25+,26+,27-,28-,29-,30+,31+,32+/m1/s1. The Morgan fingerprint density at radius 3 is 1.31 bits per heavy atom. The molecule has 0 aromatic heterocycles. The molecule has 0 spiro atoms. The quantitative estimate of drug-likeness (QED) is 0.137. The maximum atomic E-state index is 10.4. The third-order valence-corrected chi connectivity index (χ3v) is 9.48. The number of hydrogen-bond acceptors (Lipinski definition) is 16. The van der Waals surface area contributed by atoms with Gasteiger partial charge in [0.1, 0.15) is 48.8 Å². The Bertz CT molecular complexity index is 1290. The molecular weight excluding hydrogens is 640 g/mol. The van der Waals surface area contributed by atoms with E-state index >= 15 is 0 Å². The maximum Gasteiger partial charge on any atom is 0.229 e. The minimum Gasteiger partial charge on any atom is -0.493 e. The second-order valence-corrected chi connectivity index (χ2v) is 12.3. The van der Waals surface area contributed by atoms with E-state index in [0.29, 0.717) is 24.7 Å². The molecule has 4 heterocycles. The third-order valence-electron chi connectivity index (χ3n) is 9.48. The van der Waals surface area contributed by atoms with Crippen molar-refractivity contribution in [2.45, 2.75) is 73.6 Å². The van der Waals surface area contributed by atoms with E-state index in [2.05, 4.69) is 0 Å². The smallest absolute Gasteiger partial charge is 0.229 e. The van der Waals surface area contributed by atoms with Gasteiger partial charge in [0.2, 0.25) is 12.6 Å². The number of methoxy groups -OCH3 is 2. The molecule has 0 unspecified atom stereocenters. The zero-order valence-corrected chi connectivity index (χ0v) is 26.2. The van der Waals surface area contributed by atoms with E-state index in [1.807, 2.05) is 0 Å². The molecule has 0 radical (unpaired) electrons. The highest BCUT2D eigenvalue weighted by Crippen LogP contribution is 2.52. The maximum absolute atomic E-state index is 10.4. The van der Waals surface area contributed by atoms with Crippen molar-refractivity contribution in [3.8, 4) is 23.0 Å². The van der Waals surface area contributed by atoms with E-state index in [9.17, 15) is 40.9 Å². The first-order valence-electron chi connectivity index (χ1n) is 15.6. The first-order valence-corrected chi connectivity index (χ1v) is 15.6. The average Bonchev–Trinajstić information content (AvgIpc) is 3.72. The average molecular weight is 683 g/mol. The van der Waals surface area contributed by atoms with E-state index in [0.717, 1.165) is 11.1 Å². The minimum atomic E-state index is -1.59. The van der Waals surface area contributed by atoms with Crippen LogP contribution in [-0.4, -0.2) is 143 Å². The van der Waals surface area contributed by atoms with Crippen LogP contribution < -0.4 is 18.9 Å². The Morgan fingerprint density at radius 1 is 0.562 bits per heavy atom. The van der Waals surface area contributed by atoms with Gasteiger partial charge in [-0.05, 0) is 35.4 Å². The van der Waals surface area contributed by atoms with Crippen LogP contribution in [0.4, 0.5) is 0 Å². The van der Waals surface area contributed by atoms with Crippen LogP contribution in [0.1, 0.15) is 23.3 Å². The van der Waals surface area contributed by atoms with Crippen LogP contribution in [0.5, 0.6) is 23.0 Å². The van der Waals surface area contributed by atoms with Crippen molar-refractivity contribution in [2.24, 2.45) is 11.8 Å². The number of rotatable bonds is 10. The summed E-state index contributed by atoms with van der Waals surface area (Å²) in [6, 6.07) is 10.3. The van der Waals surface area contributed by atoms with E-state index in [-0.39, 0.29) is 35.5 Å². The summed E-state index contributed by atoms with van der Waals surface area (Å²) in [5.74, 6) is 0.997. The first kappa shape index (κ1) is 35.0. The second-order valence-electron chi connectivity index (χ2n) is 12.3. The summed E-state index contributed by atoms with van der Waals surface area (Å²) < 4.78 is 46.1. The van der Waals surface area contributed by atoms with Crippen molar-refractivity contribution >= 4 is 0 Å². The summed E-state index contributed by atoms with van der Waals surface area (Å²) in [6.07, 6.45) is -15.0. The zero-order valence-electron chi connectivity index (χ0n) is 26.2. The summed E-state index contributed by atoms with van der Waals surface area (Å²) in [7, 11) is 2.90. The summed E-state index contributed by atoms with van der Waals surface area (Å²) in [6.45, 7) is -0.371. The van der Waals surface area contributed by atoms with Crippen LogP contribution in [0.25, 0.3) is 0 Å². The predicted octanol–water partition coefficient (Wildman–Crippen LogP) is -1.86. The van der Waals surface area contributed by atoms with Gasteiger partial charge in [-0.1, -0.05) is 12.1 Å². The van der Waals surface area contributed by atoms with Gasteiger partial charge >= 0.3 is 0 Å². The number of benzene rings is 2. The predicted molar refractivity (Wildman–Crippen MR) is 159 cm³/mol. The number of aliphatic hydroxyl groups excluding tert-OH is 8. The molecule has 2 aromatic carbocycles. The van der Waals surface area contributed by atoms with Gasteiger partial charge in [-0.15, -0.1) is 0 Å². The van der Waals surface area contributed by atoms with Crippen molar-refractivity contribution in [1.29, 1.82) is 0 Å². The van der Waals surface area contributed by atoms with Crippen molar-refractivity contribution in [2.75, 3.05) is 40.6 Å². The van der Waals surface area contributed by atoms with Crippen molar-refractivity contribution in [3.63, 3.8) is 0 Å². The molecule has 266 valence electrons. The SMILES string of the molecule is COc1cc([C@H]2OC[C@H]3[C@H]2CO[C@H]3c2ccc(O[C@H]3O[C@H](CO)[C@@H](O)[C@H](O)[C@H]3O)c(OC)c2)ccc1O[C@H]1O[C@@H](CO)[C@@H](O)[C@H](O)[C@H]1O. The Labute approximate surface area is 275 Å². The van der Waals surface area contributed by atoms with Gasteiger partial charge in [0.15, 0.2) is 23.0 Å². The van der Waals surface area contributed by atoms with E-state index < -0.39 is 74.6 Å². The highest BCUT2D eigenvalue weighted by molar-refractivity contribution is 5.46. The molecule has 8 N–H and O–H groups in total. The van der Waals surface area contributed by atoms with Gasteiger partial charge in [-0.25, -0.2) is 0 Å². The van der Waals surface area contributed by atoms with Gasteiger partial charge < -0.3 is 78.7 Å². The summed E-state index contributed by atoms with van der Waals surface area (Å²) in [5.41, 5.74) is 1.59. The molecule has 2 aromatic rings. The minimum absolute atomic E-state index is 0.0204. The number of fused-ring (bicyclic) bond motifs is 1. The van der Waals surface area contributed by atoms with Gasteiger partial charge in [0.05, 0.1) is 52.9 Å². The molecule has 4 fully saturated rings. The Kier molecular flexibility index (Phi) is 10.6. The van der Waals surface area contributed by atoms with Crippen molar-refractivity contribution in [3.05, 3.63) is 47.5 Å². The molecule has 16 heteroatoms. The first-order chi connectivity index (χ1) is 23.1. The van der Waals surface area contributed by atoms with Crippen molar-refractivity contribution in [1.82, 2.24) is 0 Å². The third kappa shape index (κ3) is 6.44. The molecule has 14 atom stereocenters. The zero-order chi connectivity index (χ0) is 34.3. The Hall–Kier alpha value is -2.84. The van der Waals surface area contributed by atoms with E-state index in [1.165, 1.54) is 14.2 Å². The van der Waals surface area contributed by atoms with Gasteiger partial charge in [-0.2, -0.15) is 0 Å². The summed E-state index contributed by atoms with van der Waals surface area (Å²) >= 11 is 0. The summed E-state index contributed by atoms with van der Waals surface area (Å²) in [4.78, 5) is 0. The molecular formula is C32H42O16. The summed E-state index contributed by atoms with van der Waals surface area (Å²) in [5, 5.41) is 80.1. The molecule has 6 rings (SSSR count). The van der Waals surface area contributed by atoms with Gasteiger partial charge in [0.25, 0.3) is 0 Å². The topological polar surface area (TPSA) is 236 Å². The normalized spacial score (nSPS) is 39.5.